The Morgan fingerprint density at radius 2 is 1.84 bits per heavy atom. The topological polar surface area (TPSA) is 95.9 Å². The quantitative estimate of drug-likeness (QED) is 0.376. The smallest absolute Gasteiger partial charge is 0.261 e. The molecule has 11 heteroatoms. The van der Waals surface area contributed by atoms with E-state index < -0.39 is 0 Å². The van der Waals surface area contributed by atoms with E-state index in [9.17, 15) is 14.4 Å². The van der Waals surface area contributed by atoms with E-state index in [2.05, 4.69) is 20.4 Å². The van der Waals surface area contributed by atoms with Gasteiger partial charge in [0.2, 0.25) is 0 Å². The molecule has 0 saturated carbocycles. The molecule has 9 nitrogen and oxygen atoms in total. The average molecular weight is 558 g/mol. The van der Waals surface area contributed by atoms with Crippen molar-refractivity contribution in [3.63, 3.8) is 0 Å². The fourth-order valence-corrected chi connectivity index (χ4v) is 5.15. The van der Waals surface area contributed by atoms with Crippen molar-refractivity contribution in [3.05, 3.63) is 85.9 Å². The maximum absolute atomic E-state index is 13.1. The molecular formula is C27H32ClN5O4S. The molecule has 2 amide bonds. The molecule has 38 heavy (non-hydrogen) atoms. The van der Waals surface area contributed by atoms with Gasteiger partial charge >= 0.3 is 0 Å². The minimum absolute atomic E-state index is 0.146. The summed E-state index contributed by atoms with van der Waals surface area (Å²) in [6.07, 6.45) is 1.68. The third-order valence-corrected chi connectivity index (χ3v) is 7.54. The van der Waals surface area contributed by atoms with Gasteiger partial charge < -0.3 is 20.3 Å². The van der Waals surface area contributed by atoms with E-state index in [1.807, 2.05) is 7.05 Å². The Morgan fingerprint density at radius 1 is 1.08 bits per heavy atom. The first kappa shape index (κ1) is 28.0. The zero-order valence-electron chi connectivity index (χ0n) is 21.3. The average Bonchev–Trinajstić information content (AvgIpc) is 3.37. The molecule has 1 unspecified atom stereocenters. The summed E-state index contributed by atoms with van der Waals surface area (Å²) in [5.41, 5.74) is 0.996. The summed E-state index contributed by atoms with van der Waals surface area (Å²) in [6.45, 7) is 5.87. The standard InChI is InChI=1S/C27H32ClN5O4S/c1-31(12-13-32-14-16-37-17-15-32)19-21(18-29-27(36)23-9-10-24(28)38-23)30-26(35)20-5-7-22(8-6-20)33-11-3-2-4-25(33)34/h2-11,21H,12-19H2,1H3,(H,29,36)(H,30,35). The van der Waals surface area contributed by atoms with Crippen molar-refractivity contribution >= 4 is 34.8 Å². The van der Waals surface area contributed by atoms with Crippen LogP contribution in [0, 0.1) is 0 Å². The highest BCUT2D eigenvalue weighted by molar-refractivity contribution is 7.18. The van der Waals surface area contributed by atoms with Crippen molar-refractivity contribution in [1.82, 2.24) is 25.0 Å². The van der Waals surface area contributed by atoms with Gasteiger partial charge in [-0.05, 0) is 49.5 Å². The zero-order chi connectivity index (χ0) is 26.9. The summed E-state index contributed by atoms with van der Waals surface area (Å²) in [7, 11) is 2.01. The Balaban J connectivity index is 1.39. The van der Waals surface area contributed by atoms with Crippen LogP contribution in [0.3, 0.4) is 0 Å². The van der Waals surface area contributed by atoms with Gasteiger partial charge in [0.15, 0.2) is 0 Å². The number of likely N-dealkylation sites (N-methyl/N-ethyl adjacent to an activating group) is 1. The van der Waals surface area contributed by atoms with E-state index >= 15 is 0 Å². The van der Waals surface area contributed by atoms with Crippen LogP contribution < -0.4 is 16.2 Å². The largest absolute Gasteiger partial charge is 0.379 e. The highest BCUT2D eigenvalue weighted by Crippen LogP contribution is 2.21. The van der Waals surface area contributed by atoms with Crippen molar-refractivity contribution in [2.75, 3.05) is 59.5 Å². The van der Waals surface area contributed by atoms with E-state index in [4.69, 9.17) is 16.3 Å². The molecular weight excluding hydrogens is 526 g/mol. The lowest BCUT2D eigenvalue weighted by atomic mass is 10.1. The highest BCUT2D eigenvalue weighted by atomic mass is 35.5. The molecule has 1 aliphatic heterocycles. The predicted octanol–water partition coefficient (Wildman–Crippen LogP) is 2.34. The minimum atomic E-state index is -0.326. The Labute approximate surface area is 231 Å². The first-order valence-electron chi connectivity index (χ1n) is 12.5. The van der Waals surface area contributed by atoms with Gasteiger partial charge in [-0.3, -0.25) is 23.9 Å². The van der Waals surface area contributed by atoms with Crippen LogP contribution in [0.25, 0.3) is 5.69 Å². The van der Waals surface area contributed by atoms with Crippen LogP contribution >= 0.6 is 22.9 Å². The fraction of sp³-hybridized carbons (Fsp3) is 0.370. The second kappa shape index (κ2) is 13.7. The van der Waals surface area contributed by atoms with Gasteiger partial charge in [-0.1, -0.05) is 17.7 Å². The second-order valence-corrected chi connectivity index (χ2v) is 10.9. The zero-order valence-corrected chi connectivity index (χ0v) is 22.8. The van der Waals surface area contributed by atoms with Crippen LogP contribution in [-0.4, -0.2) is 91.8 Å². The van der Waals surface area contributed by atoms with Crippen LogP contribution in [0.5, 0.6) is 0 Å². The number of nitrogens with one attached hydrogen (secondary N) is 2. The normalized spacial score (nSPS) is 14.8. The Kier molecular flexibility index (Phi) is 10.1. The van der Waals surface area contributed by atoms with Gasteiger partial charge in [0.25, 0.3) is 17.4 Å². The van der Waals surface area contributed by atoms with Crippen LogP contribution in [0.15, 0.2) is 65.6 Å². The monoisotopic (exact) mass is 557 g/mol. The summed E-state index contributed by atoms with van der Waals surface area (Å²) in [6, 6.07) is 14.9. The summed E-state index contributed by atoms with van der Waals surface area (Å²) in [5, 5.41) is 5.99. The number of nitrogens with zero attached hydrogens (tertiary/aromatic N) is 3. The lowest BCUT2D eigenvalue weighted by molar-refractivity contribution is 0.0341. The maximum atomic E-state index is 13.1. The number of morpholine rings is 1. The van der Waals surface area contributed by atoms with Crippen LogP contribution in [0.4, 0.5) is 0 Å². The Bertz CT molecular complexity index is 1270. The molecule has 1 atom stereocenters. The first-order chi connectivity index (χ1) is 18.4. The summed E-state index contributed by atoms with van der Waals surface area (Å²) < 4.78 is 7.48. The number of carbonyl (C=O) groups is 2. The minimum Gasteiger partial charge on any atom is -0.379 e. The Hall–Kier alpha value is -3.02. The van der Waals surface area contributed by atoms with Crippen molar-refractivity contribution in [1.29, 1.82) is 0 Å². The molecule has 3 aromatic rings. The van der Waals surface area contributed by atoms with Gasteiger partial charge in [-0.25, -0.2) is 0 Å². The van der Waals surface area contributed by atoms with Crippen LogP contribution in [0.1, 0.15) is 20.0 Å². The van der Waals surface area contributed by atoms with E-state index in [-0.39, 0.29) is 30.0 Å². The number of pyridine rings is 1. The number of hydrogen-bond donors (Lipinski definition) is 2. The van der Waals surface area contributed by atoms with Crippen molar-refractivity contribution in [2.24, 2.45) is 0 Å². The van der Waals surface area contributed by atoms with Crippen molar-refractivity contribution in [3.8, 4) is 5.69 Å². The number of carbonyl (C=O) groups excluding carboxylic acids is 2. The van der Waals surface area contributed by atoms with E-state index in [0.29, 0.717) is 27.0 Å². The van der Waals surface area contributed by atoms with E-state index in [0.717, 1.165) is 39.4 Å². The SMILES string of the molecule is CN(CCN1CCOCC1)CC(CNC(=O)c1ccc(Cl)s1)NC(=O)c1ccc(-n2ccccc2=O)cc1. The number of thiophene rings is 1. The highest BCUT2D eigenvalue weighted by Gasteiger charge is 2.19. The van der Waals surface area contributed by atoms with Crippen molar-refractivity contribution in [2.45, 2.75) is 6.04 Å². The van der Waals surface area contributed by atoms with Gasteiger partial charge in [-0.15, -0.1) is 11.3 Å². The second-order valence-electron chi connectivity index (χ2n) is 9.16. The molecule has 1 saturated heterocycles. The number of aromatic nitrogens is 1. The third-order valence-electron chi connectivity index (χ3n) is 6.31. The van der Waals surface area contributed by atoms with Gasteiger partial charge in [-0.2, -0.15) is 0 Å². The van der Waals surface area contributed by atoms with Crippen molar-refractivity contribution < 1.29 is 14.3 Å². The number of rotatable bonds is 11. The van der Waals surface area contributed by atoms with Crippen LogP contribution in [-0.2, 0) is 4.74 Å². The predicted molar refractivity (Wildman–Crippen MR) is 150 cm³/mol. The number of halogens is 1. The third kappa shape index (κ3) is 7.99. The summed E-state index contributed by atoms with van der Waals surface area (Å²) in [5.74, 6) is -0.480. The molecule has 2 aromatic heterocycles. The van der Waals surface area contributed by atoms with Gasteiger partial charge in [0.05, 0.1) is 28.5 Å². The molecule has 1 aromatic carbocycles. The fourth-order valence-electron chi connectivity index (χ4n) is 4.19. The first-order valence-corrected chi connectivity index (χ1v) is 13.7. The van der Waals surface area contributed by atoms with Gasteiger partial charge in [0.1, 0.15) is 0 Å². The lowest BCUT2D eigenvalue weighted by Crippen LogP contribution is -2.50. The molecule has 0 radical (unpaired) electrons. The molecule has 1 aliphatic rings. The molecule has 0 aliphatic carbocycles. The van der Waals surface area contributed by atoms with E-state index in [1.54, 1.807) is 54.7 Å². The Morgan fingerprint density at radius 3 is 2.53 bits per heavy atom. The number of ether oxygens (including phenoxy) is 1. The molecule has 202 valence electrons. The molecule has 0 spiro atoms. The molecule has 0 bridgehead atoms. The summed E-state index contributed by atoms with van der Waals surface area (Å²) >= 11 is 7.19. The molecule has 3 heterocycles. The van der Waals surface area contributed by atoms with Crippen LogP contribution in [0.2, 0.25) is 4.34 Å². The number of benzene rings is 1. The number of hydrogen-bond acceptors (Lipinski definition) is 7. The molecule has 2 N–H and O–H groups in total. The number of amides is 2. The van der Waals surface area contributed by atoms with Gasteiger partial charge in [0, 0.05) is 62.8 Å². The maximum Gasteiger partial charge on any atom is 0.261 e. The lowest BCUT2D eigenvalue weighted by Gasteiger charge is -2.30. The summed E-state index contributed by atoms with van der Waals surface area (Å²) in [4.78, 5) is 42.9. The molecule has 4 rings (SSSR count). The van der Waals surface area contributed by atoms with E-state index in [1.165, 1.54) is 22.0 Å². The molecule has 1 fully saturated rings.